The van der Waals surface area contributed by atoms with Crippen molar-refractivity contribution in [3.05, 3.63) is 47.7 Å². The Hall–Kier alpha value is -4.13. The lowest BCUT2D eigenvalue weighted by atomic mass is 9.76. The fourth-order valence-electron chi connectivity index (χ4n) is 7.98. The van der Waals surface area contributed by atoms with Gasteiger partial charge in [-0.3, -0.25) is 9.69 Å². The van der Waals surface area contributed by atoms with Crippen molar-refractivity contribution in [2.45, 2.75) is 135 Å². The van der Waals surface area contributed by atoms with E-state index < -0.39 is 24.5 Å². The SMILES string of the molecule is CCCOCCC(=O)NCCCCNc1ncnc2c1c(C#N)cn2[C@@H]1O[C@H](CN(C(C)C)C2CC(CCc3nc4ccc(C(C)(C)C)cc4[nH]3)C2)C(O)[C@@H]1O. The Morgan fingerprint density at radius 2 is 1.95 bits per heavy atom. The number of nitrogens with one attached hydrogen (secondary N) is 3. The molecule has 56 heavy (non-hydrogen) atoms. The van der Waals surface area contributed by atoms with Crippen molar-refractivity contribution >= 4 is 33.8 Å². The Morgan fingerprint density at radius 3 is 2.68 bits per heavy atom. The lowest BCUT2D eigenvalue weighted by Crippen LogP contribution is -2.52. The second-order valence-electron chi connectivity index (χ2n) is 16.9. The smallest absolute Gasteiger partial charge is 0.222 e. The van der Waals surface area contributed by atoms with Crippen molar-refractivity contribution in [3.8, 4) is 6.07 Å². The van der Waals surface area contributed by atoms with Crippen LogP contribution in [0, 0.1) is 17.2 Å². The summed E-state index contributed by atoms with van der Waals surface area (Å²) in [7, 11) is 0. The molecule has 2 aliphatic rings. The summed E-state index contributed by atoms with van der Waals surface area (Å²) in [5, 5.41) is 39.4. The summed E-state index contributed by atoms with van der Waals surface area (Å²) < 4.78 is 13.5. The average molecular weight is 772 g/mol. The predicted molar refractivity (Wildman–Crippen MR) is 216 cm³/mol. The van der Waals surface area contributed by atoms with E-state index in [0.29, 0.717) is 73.6 Å². The Balaban J connectivity index is 1.01. The van der Waals surface area contributed by atoms with E-state index in [-0.39, 0.29) is 17.4 Å². The molecule has 1 unspecified atom stereocenters. The number of aromatic nitrogens is 5. The van der Waals surface area contributed by atoms with E-state index in [1.54, 1.807) is 10.8 Å². The lowest BCUT2D eigenvalue weighted by molar-refractivity contribution is -0.122. The van der Waals surface area contributed by atoms with Gasteiger partial charge in [0, 0.05) is 57.4 Å². The maximum absolute atomic E-state index is 12.0. The van der Waals surface area contributed by atoms with E-state index in [2.05, 4.69) is 89.4 Å². The van der Waals surface area contributed by atoms with Crippen LogP contribution >= 0.6 is 0 Å². The van der Waals surface area contributed by atoms with Crippen molar-refractivity contribution in [2.24, 2.45) is 5.92 Å². The van der Waals surface area contributed by atoms with Gasteiger partial charge in [-0.25, -0.2) is 15.0 Å². The number of imidazole rings is 1. The highest BCUT2D eigenvalue weighted by Crippen LogP contribution is 2.39. The van der Waals surface area contributed by atoms with Gasteiger partial charge in [-0.15, -0.1) is 0 Å². The van der Waals surface area contributed by atoms with Gasteiger partial charge >= 0.3 is 0 Å². The molecule has 3 aromatic heterocycles. The first kappa shape index (κ1) is 41.5. The number of fused-ring (bicyclic) bond motifs is 2. The maximum Gasteiger partial charge on any atom is 0.222 e. The van der Waals surface area contributed by atoms with Crippen LogP contribution in [0.15, 0.2) is 30.7 Å². The Morgan fingerprint density at radius 1 is 1.16 bits per heavy atom. The molecule has 1 saturated heterocycles. The molecule has 0 bridgehead atoms. The van der Waals surface area contributed by atoms with Crippen LogP contribution in [0.5, 0.6) is 0 Å². The number of anilines is 1. The molecule has 1 saturated carbocycles. The number of carbonyl (C=O) groups excluding carboxylic acids is 1. The Kier molecular flexibility index (Phi) is 13.7. The van der Waals surface area contributed by atoms with Gasteiger partial charge in [0.05, 0.1) is 28.6 Å². The minimum Gasteiger partial charge on any atom is -0.387 e. The third-order valence-corrected chi connectivity index (χ3v) is 11.3. The summed E-state index contributed by atoms with van der Waals surface area (Å²) in [5.74, 6) is 2.11. The van der Waals surface area contributed by atoms with Gasteiger partial charge in [-0.2, -0.15) is 5.26 Å². The monoisotopic (exact) mass is 771 g/mol. The molecule has 4 atom stereocenters. The molecule has 14 heteroatoms. The summed E-state index contributed by atoms with van der Waals surface area (Å²) in [4.78, 5) is 31.7. The van der Waals surface area contributed by atoms with Crippen molar-refractivity contribution in [1.29, 1.82) is 5.26 Å². The topological polar surface area (TPSA) is 186 Å². The number of H-pyrrole nitrogens is 1. The predicted octanol–water partition coefficient (Wildman–Crippen LogP) is 5.34. The zero-order valence-corrected chi connectivity index (χ0v) is 33.9. The van der Waals surface area contributed by atoms with Gasteiger partial charge in [0.1, 0.15) is 48.0 Å². The highest BCUT2D eigenvalue weighted by atomic mass is 16.6. The third-order valence-electron chi connectivity index (χ3n) is 11.3. The molecule has 304 valence electrons. The molecule has 6 rings (SSSR count). The molecular weight excluding hydrogens is 711 g/mol. The molecule has 1 aliphatic heterocycles. The van der Waals surface area contributed by atoms with Crippen LogP contribution < -0.4 is 10.6 Å². The van der Waals surface area contributed by atoms with Crippen LogP contribution in [0.3, 0.4) is 0 Å². The molecule has 4 aromatic rings. The largest absolute Gasteiger partial charge is 0.387 e. The first-order valence-corrected chi connectivity index (χ1v) is 20.5. The molecule has 14 nitrogen and oxygen atoms in total. The highest BCUT2D eigenvalue weighted by molar-refractivity contribution is 5.93. The van der Waals surface area contributed by atoms with Gasteiger partial charge < -0.3 is 39.9 Å². The number of rotatable bonds is 19. The molecule has 4 heterocycles. The summed E-state index contributed by atoms with van der Waals surface area (Å²) in [5.41, 5.74) is 4.27. The number of amides is 1. The third kappa shape index (κ3) is 9.69. The second kappa shape index (κ2) is 18.4. The molecule has 0 radical (unpaired) electrons. The van der Waals surface area contributed by atoms with E-state index in [9.17, 15) is 20.3 Å². The van der Waals surface area contributed by atoms with Crippen LogP contribution in [0.1, 0.15) is 110 Å². The van der Waals surface area contributed by atoms with Gasteiger partial charge in [0.15, 0.2) is 6.23 Å². The summed E-state index contributed by atoms with van der Waals surface area (Å²) in [6.07, 6.45) is 6.07. The Bertz CT molecular complexity index is 1960. The number of aryl methyl sites for hydroxylation is 1. The zero-order chi connectivity index (χ0) is 40.0. The average Bonchev–Trinajstić information content (AvgIpc) is 3.82. The standard InChI is InChI=1S/C42H61N9O5/c1-7-17-55-18-14-35(52)44-15-8-9-16-45-39-36-28(22-43)23-51(40(36)47-25-46-39)41-38(54)37(53)33(56-41)24-50(26(2)3)30-19-27(20-30)10-13-34-48-31-12-11-29(42(4,5)6)21-32(31)49-34/h11-12,21,23,25-27,30,33,37-38,41,53-54H,7-10,13-20,24H2,1-6H3,(H,44,52)(H,48,49)(H,45,46,47)/t27?,30?,33-,37?,38+,41-/m1/s1. The number of carbonyl (C=O) groups is 1. The molecule has 0 spiro atoms. The van der Waals surface area contributed by atoms with E-state index in [1.165, 1.54) is 11.9 Å². The lowest BCUT2D eigenvalue weighted by Gasteiger charge is -2.46. The van der Waals surface area contributed by atoms with E-state index in [0.717, 1.165) is 61.8 Å². The van der Waals surface area contributed by atoms with E-state index in [4.69, 9.17) is 14.5 Å². The quantitative estimate of drug-likeness (QED) is 0.0775. The zero-order valence-electron chi connectivity index (χ0n) is 33.9. The number of aromatic amines is 1. The fraction of sp³-hybridized carbons (Fsp3) is 0.643. The molecule has 1 aliphatic carbocycles. The summed E-state index contributed by atoms with van der Waals surface area (Å²) in [6.45, 7) is 15.7. The summed E-state index contributed by atoms with van der Waals surface area (Å²) in [6, 6.07) is 9.33. The molecular formula is C42H61N9O5. The first-order valence-electron chi connectivity index (χ1n) is 20.5. The van der Waals surface area contributed by atoms with Crippen LogP contribution in [0.25, 0.3) is 22.1 Å². The number of aliphatic hydroxyl groups excluding tert-OH is 2. The number of hydrogen-bond acceptors (Lipinski definition) is 11. The van der Waals surface area contributed by atoms with Gasteiger partial charge in [-0.1, -0.05) is 33.8 Å². The Labute approximate surface area is 330 Å². The minimum atomic E-state index is -1.21. The van der Waals surface area contributed by atoms with Crippen LogP contribution in [0.4, 0.5) is 5.82 Å². The van der Waals surface area contributed by atoms with E-state index >= 15 is 0 Å². The highest BCUT2D eigenvalue weighted by Gasteiger charge is 2.46. The minimum absolute atomic E-state index is 0.0234. The molecule has 5 N–H and O–H groups in total. The molecule has 2 fully saturated rings. The molecule has 1 amide bonds. The number of nitrogens with zero attached hydrogens (tertiary/aromatic N) is 6. The van der Waals surface area contributed by atoms with Crippen LogP contribution in [-0.4, -0.2) is 109 Å². The van der Waals surface area contributed by atoms with Gasteiger partial charge in [-0.05, 0) is 81.4 Å². The normalized spacial score (nSPS) is 22.6. The maximum atomic E-state index is 12.0. The number of ether oxygens (including phenoxy) is 2. The number of hydrogen-bond donors (Lipinski definition) is 5. The van der Waals surface area contributed by atoms with Crippen LogP contribution in [-0.2, 0) is 26.1 Å². The van der Waals surface area contributed by atoms with Crippen LogP contribution in [0.2, 0.25) is 0 Å². The number of unbranched alkanes of at least 4 members (excludes halogenated alkanes) is 1. The second-order valence-corrected chi connectivity index (χ2v) is 16.9. The number of aliphatic hydroxyl groups is 2. The van der Waals surface area contributed by atoms with Crippen molar-refractivity contribution in [3.63, 3.8) is 0 Å². The first-order chi connectivity index (χ1) is 26.9. The number of nitriles is 1. The van der Waals surface area contributed by atoms with Crippen molar-refractivity contribution < 1.29 is 24.5 Å². The number of benzene rings is 1. The van der Waals surface area contributed by atoms with Crippen molar-refractivity contribution in [1.82, 2.24) is 34.7 Å². The van der Waals surface area contributed by atoms with Crippen molar-refractivity contribution in [2.75, 3.05) is 38.2 Å². The van der Waals surface area contributed by atoms with Gasteiger partial charge in [0.2, 0.25) is 5.91 Å². The van der Waals surface area contributed by atoms with Gasteiger partial charge in [0.25, 0.3) is 0 Å². The molecule has 1 aromatic carbocycles. The van der Waals surface area contributed by atoms with E-state index in [1.807, 2.05) is 6.92 Å². The summed E-state index contributed by atoms with van der Waals surface area (Å²) >= 11 is 0. The fourth-order valence-corrected chi connectivity index (χ4v) is 7.98.